The Morgan fingerprint density at radius 2 is 2.04 bits per heavy atom. The Morgan fingerprint density at radius 1 is 1.26 bits per heavy atom. The molecule has 2 atom stereocenters. The van der Waals surface area contributed by atoms with Crippen LogP contribution in [0.25, 0.3) is 0 Å². The van der Waals surface area contributed by atoms with Crippen LogP contribution < -0.4 is 15.4 Å². The molecule has 2 aliphatic heterocycles. The van der Waals surface area contributed by atoms with Crippen molar-refractivity contribution in [1.82, 2.24) is 10.6 Å². The summed E-state index contributed by atoms with van der Waals surface area (Å²) in [5.41, 5.74) is 1.63. The summed E-state index contributed by atoms with van der Waals surface area (Å²) >= 11 is 0. The van der Waals surface area contributed by atoms with Crippen LogP contribution in [0.15, 0.2) is 35.5 Å². The third-order valence-corrected chi connectivity index (χ3v) is 4.30. The van der Waals surface area contributed by atoms with Crippen molar-refractivity contribution in [2.24, 2.45) is 0 Å². The highest BCUT2D eigenvalue weighted by atomic mass is 16.6. The Hall–Kier alpha value is -2.58. The molecular formula is C19H24N2O6. The van der Waals surface area contributed by atoms with E-state index in [0.29, 0.717) is 43.4 Å². The van der Waals surface area contributed by atoms with Crippen molar-refractivity contribution in [1.29, 1.82) is 0 Å². The molecule has 0 saturated carbocycles. The van der Waals surface area contributed by atoms with Gasteiger partial charge in [0.05, 0.1) is 38.0 Å². The largest absolute Gasteiger partial charge is 0.491 e. The molecule has 0 aliphatic carbocycles. The van der Waals surface area contributed by atoms with E-state index >= 15 is 0 Å². The van der Waals surface area contributed by atoms with E-state index in [0.717, 1.165) is 5.56 Å². The van der Waals surface area contributed by atoms with E-state index in [1.54, 1.807) is 26.0 Å². The highest BCUT2D eigenvalue weighted by Crippen LogP contribution is 2.28. The van der Waals surface area contributed by atoms with E-state index in [4.69, 9.17) is 18.9 Å². The third-order valence-electron chi connectivity index (χ3n) is 4.30. The van der Waals surface area contributed by atoms with E-state index in [9.17, 15) is 9.59 Å². The number of carbonyl (C=O) groups is 2. The first-order chi connectivity index (χ1) is 13.1. The summed E-state index contributed by atoms with van der Waals surface area (Å²) in [5.74, 6) is 0.217. The molecule has 0 aromatic heterocycles. The third kappa shape index (κ3) is 4.78. The zero-order valence-corrected chi connectivity index (χ0v) is 15.4. The number of benzene rings is 1. The second kappa shape index (κ2) is 8.88. The quantitative estimate of drug-likeness (QED) is 0.734. The fourth-order valence-corrected chi connectivity index (χ4v) is 3.00. The highest BCUT2D eigenvalue weighted by Gasteiger charge is 2.32. The van der Waals surface area contributed by atoms with Gasteiger partial charge in [-0.3, -0.25) is 0 Å². The molecule has 0 spiro atoms. The molecular weight excluding hydrogens is 352 g/mol. The molecule has 0 radical (unpaired) electrons. The number of amides is 2. The number of ether oxygens (including phenoxy) is 4. The molecule has 1 aromatic rings. The maximum atomic E-state index is 12.3. The second-order valence-electron chi connectivity index (χ2n) is 6.24. The molecule has 2 aliphatic rings. The highest BCUT2D eigenvalue weighted by molar-refractivity contribution is 5.95. The first-order valence-corrected chi connectivity index (χ1v) is 8.96. The van der Waals surface area contributed by atoms with Crippen LogP contribution in [0, 0.1) is 0 Å². The molecule has 1 fully saturated rings. The number of rotatable bonds is 6. The fourth-order valence-electron chi connectivity index (χ4n) is 3.00. The van der Waals surface area contributed by atoms with E-state index in [1.165, 1.54) is 0 Å². The summed E-state index contributed by atoms with van der Waals surface area (Å²) in [4.78, 5) is 24.2. The van der Waals surface area contributed by atoms with Gasteiger partial charge >= 0.3 is 12.0 Å². The predicted molar refractivity (Wildman–Crippen MR) is 96.2 cm³/mol. The molecule has 3 rings (SSSR count). The van der Waals surface area contributed by atoms with Crippen molar-refractivity contribution >= 4 is 12.0 Å². The first-order valence-electron chi connectivity index (χ1n) is 8.96. The van der Waals surface area contributed by atoms with Gasteiger partial charge in [-0.2, -0.15) is 0 Å². The van der Waals surface area contributed by atoms with E-state index in [-0.39, 0.29) is 18.7 Å². The van der Waals surface area contributed by atoms with Crippen LogP contribution in [0.5, 0.6) is 5.75 Å². The Labute approximate surface area is 157 Å². The number of nitrogens with one attached hydrogen (secondary N) is 2. The molecule has 146 valence electrons. The molecule has 0 bridgehead atoms. The topological polar surface area (TPSA) is 95.1 Å². The Balaban J connectivity index is 1.71. The van der Waals surface area contributed by atoms with Gasteiger partial charge < -0.3 is 29.6 Å². The monoisotopic (exact) mass is 376 g/mol. The Kier molecular flexibility index (Phi) is 6.31. The normalized spacial score (nSPS) is 22.7. The molecule has 27 heavy (non-hydrogen) atoms. The lowest BCUT2D eigenvalue weighted by atomic mass is 9.95. The number of hydrogen-bond acceptors (Lipinski definition) is 6. The first kappa shape index (κ1) is 19.2. The summed E-state index contributed by atoms with van der Waals surface area (Å²) in [6.07, 6.45) is -0.0804. The maximum Gasteiger partial charge on any atom is 0.338 e. The van der Waals surface area contributed by atoms with Gasteiger partial charge in [0.25, 0.3) is 0 Å². The van der Waals surface area contributed by atoms with Gasteiger partial charge in [-0.1, -0.05) is 12.1 Å². The van der Waals surface area contributed by atoms with Gasteiger partial charge in [0.2, 0.25) is 0 Å². The van der Waals surface area contributed by atoms with E-state index in [2.05, 4.69) is 10.6 Å². The van der Waals surface area contributed by atoms with Gasteiger partial charge in [0.1, 0.15) is 18.5 Å². The zero-order chi connectivity index (χ0) is 19.2. The lowest BCUT2D eigenvalue weighted by molar-refractivity contribution is -0.139. The second-order valence-corrected chi connectivity index (χ2v) is 6.24. The number of carbonyl (C=O) groups excluding carboxylic acids is 2. The van der Waals surface area contributed by atoms with Crippen LogP contribution in [0.4, 0.5) is 4.79 Å². The minimum atomic E-state index is -0.582. The van der Waals surface area contributed by atoms with Gasteiger partial charge in [0.15, 0.2) is 0 Å². The van der Waals surface area contributed by atoms with Crippen LogP contribution in [-0.2, 0) is 19.0 Å². The SMILES string of the molecule is CCOC(=O)C1=C(C)NC(=O)NC1c1ccc(OCC2COCCO2)cc1. The average molecular weight is 376 g/mol. The van der Waals surface area contributed by atoms with Crippen molar-refractivity contribution in [3.63, 3.8) is 0 Å². The van der Waals surface area contributed by atoms with Crippen molar-refractivity contribution < 1.29 is 28.5 Å². The number of allylic oxidation sites excluding steroid dienone is 1. The van der Waals surface area contributed by atoms with Crippen LogP contribution in [-0.4, -0.2) is 51.1 Å². The molecule has 1 aromatic carbocycles. The Morgan fingerprint density at radius 3 is 2.70 bits per heavy atom. The average Bonchev–Trinajstić information content (AvgIpc) is 2.67. The summed E-state index contributed by atoms with van der Waals surface area (Å²) in [6, 6.07) is 6.28. The summed E-state index contributed by atoms with van der Waals surface area (Å²) < 4.78 is 21.8. The molecule has 2 N–H and O–H groups in total. The molecule has 8 nitrogen and oxygen atoms in total. The van der Waals surface area contributed by atoms with Gasteiger partial charge in [-0.05, 0) is 31.5 Å². The molecule has 2 unspecified atom stereocenters. The summed E-state index contributed by atoms with van der Waals surface area (Å²) in [6.45, 7) is 5.79. The van der Waals surface area contributed by atoms with Crippen molar-refractivity contribution in [2.45, 2.75) is 26.0 Å². The molecule has 1 saturated heterocycles. The maximum absolute atomic E-state index is 12.3. The van der Waals surface area contributed by atoms with Gasteiger partial charge in [-0.15, -0.1) is 0 Å². The molecule has 8 heteroatoms. The molecule has 2 amide bonds. The summed E-state index contributed by atoms with van der Waals surface area (Å²) in [7, 11) is 0. The standard InChI is InChI=1S/C19H24N2O6/c1-3-25-18(22)16-12(2)20-19(23)21-17(16)13-4-6-14(7-5-13)27-11-15-10-24-8-9-26-15/h4-7,15,17H,3,8-11H2,1-2H3,(H2,20,21,23). The van der Waals surface area contributed by atoms with Crippen molar-refractivity contribution in [2.75, 3.05) is 33.0 Å². The van der Waals surface area contributed by atoms with Crippen LogP contribution in [0.2, 0.25) is 0 Å². The van der Waals surface area contributed by atoms with E-state index in [1.807, 2.05) is 12.1 Å². The molecule has 2 heterocycles. The van der Waals surface area contributed by atoms with Crippen LogP contribution >= 0.6 is 0 Å². The minimum absolute atomic E-state index is 0.0804. The number of esters is 1. The van der Waals surface area contributed by atoms with Crippen LogP contribution in [0.3, 0.4) is 0 Å². The summed E-state index contributed by atoms with van der Waals surface area (Å²) in [5, 5.41) is 5.38. The van der Waals surface area contributed by atoms with E-state index < -0.39 is 12.0 Å². The van der Waals surface area contributed by atoms with Gasteiger partial charge in [0, 0.05) is 5.70 Å². The smallest absolute Gasteiger partial charge is 0.338 e. The van der Waals surface area contributed by atoms with Crippen molar-refractivity contribution in [3.05, 3.63) is 41.1 Å². The lowest BCUT2D eigenvalue weighted by Gasteiger charge is -2.28. The lowest BCUT2D eigenvalue weighted by Crippen LogP contribution is -2.45. The van der Waals surface area contributed by atoms with Gasteiger partial charge in [-0.25, -0.2) is 9.59 Å². The number of hydrogen-bond donors (Lipinski definition) is 2. The van der Waals surface area contributed by atoms with Crippen LogP contribution in [0.1, 0.15) is 25.5 Å². The fraction of sp³-hybridized carbons (Fsp3) is 0.474. The van der Waals surface area contributed by atoms with Crippen molar-refractivity contribution in [3.8, 4) is 5.75 Å². The number of urea groups is 1. The predicted octanol–water partition coefficient (Wildman–Crippen LogP) is 1.67. The Bertz CT molecular complexity index is 709. The minimum Gasteiger partial charge on any atom is -0.491 e. The zero-order valence-electron chi connectivity index (χ0n) is 15.4.